The predicted octanol–water partition coefficient (Wildman–Crippen LogP) is 2.47. The molecule has 1 unspecified atom stereocenters. The Morgan fingerprint density at radius 2 is 2.09 bits per heavy atom. The van der Waals surface area contributed by atoms with Gasteiger partial charge in [0.1, 0.15) is 5.78 Å². The lowest BCUT2D eigenvalue weighted by Crippen LogP contribution is -2.13. The molecule has 0 N–H and O–H groups in total. The van der Waals surface area contributed by atoms with Gasteiger partial charge in [0.25, 0.3) is 0 Å². The second kappa shape index (κ2) is 2.20. The van der Waals surface area contributed by atoms with Gasteiger partial charge in [-0.2, -0.15) is 0 Å². The molecule has 2 rings (SSSR count). The van der Waals surface area contributed by atoms with Crippen molar-refractivity contribution < 1.29 is 4.79 Å². The van der Waals surface area contributed by atoms with Gasteiger partial charge < -0.3 is 0 Å². The SMILES string of the molecule is C=C1CCCC12CCC(=O)C2. The van der Waals surface area contributed by atoms with Crippen molar-refractivity contribution in [1.29, 1.82) is 0 Å². The summed E-state index contributed by atoms with van der Waals surface area (Å²) in [6.45, 7) is 4.07. The molecule has 0 heterocycles. The maximum absolute atomic E-state index is 11.1. The molecule has 11 heavy (non-hydrogen) atoms. The summed E-state index contributed by atoms with van der Waals surface area (Å²) in [6, 6.07) is 0. The number of Topliss-reactive ketones (excluding diaryl/α,β-unsaturated/α-hetero) is 1. The van der Waals surface area contributed by atoms with E-state index in [2.05, 4.69) is 6.58 Å². The molecule has 0 aliphatic heterocycles. The molecule has 1 nitrogen and oxygen atoms in total. The molecule has 2 aliphatic carbocycles. The van der Waals surface area contributed by atoms with Crippen molar-refractivity contribution in [3.8, 4) is 0 Å². The van der Waals surface area contributed by atoms with Gasteiger partial charge in [-0.3, -0.25) is 4.79 Å². The number of allylic oxidation sites excluding steroid dienone is 1. The molecule has 1 spiro atoms. The van der Waals surface area contributed by atoms with Crippen molar-refractivity contribution >= 4 is 5.78 Å². The zero-order chi connectivity index (χ0) is 7.90. The Kier molecular flexibility index (Phi) is 1.41. The van der Waals surface area contributed by atoms with Crippen molar-refractivity contribution in [2.45, 2.75) is 38.5 Å². The van der Waals surface area contributed by atoms with Crippen LogP contribution in [0.3, 0.4) is 0 Å². The number of hydrogen-bond acceptors (Lipinski definition) is 1. The minimum atomic E-state index is 0.275. The standard InChI is InChI=1S/C10H14O/c1-8-3-2-5-10(8)6-4-9(11)7-10/h1-7H2. The lowest BCUT2D eigenvalue weighted by atomic mass is 9.81. The Morgan fingerprint density at radius 3 is 2.55 bits per heavy atom. The summed E-state index contributed by atoms with van der Waals surface area (Å²) in [5.74, 6) is 0.452. The summed E-state index contributed by atoms with van der Waals surface area (Å²) in [5, 5.41) is 0. The largest absolute Gasteiger partial charge is 0.300 e. The Labute approximate surface area is 67.5 Å². The van der Waals surface area contributed by atoms with Crippen LogP contribution in [0.5, 0.6) is 0 Å². The average Bonchev–Trinajstić information content (AvgIpc) is 2.46. The Morgan fingerprint density at radius 1 is 1.27 bits per heavy atom. The molecule has 2 saturated carbocycles. The minimum absolute atomic E-state index is 0.275. The fourth-order valence-electron chi connectivity index (χ4n) is 2.53. The van der Waals surface area contributed by atoms with Gasteiger partial charge in [0, 0.05) is 12.8 Å². The van der Waals surface area contributed by atoms with Gasteiger partial charge in [-0.1, -0.05) is 12.2 Å². The van der Waals surface area contributed by atoms with Gasteiger partial charge >= 0.3 is 0 Å². The van der Waals surface area contributed by atoms with Crippen molar-refractivity contribution in [3.63, 3.8) is 0 Å². The highest BCUT2D eigenvalue weighted by atomic mass is 16.1. The minimum Gasteiger partial charge on any atom is -0.300 e. The Hall–Kier alpha value is -0.590. The van der Waals surface area contributed by atoms with Crippen molar-refractivity contribution in [1.82, 2.24) is 0 Å². The average molecular weight is 150 g/mol. The monoisotopic (exact) mass is 150 g/mol. The molecule has 0 aromatic carbocycles. The van der Waals surface area contributed by atoms with Crippen LogP contribution in [-0.2, 0) is 4.79 Å². The molecule has 0 radical (unpaired) electrons. The first-order valence-electron chi connectivity index (χ1n) is 4.43. The molecule has 0 saturated heterocycles. The van der Waals surface area contributed by atoms with E-state index in [0.717, 1.165) is 25.7 Å². The van der Waals surface area contributed by atoms with Gasteiger partial charge in [0.05, 0.1) is 0 Å². The zero-order valence-electron chi connectivity index (χ0n) is 6.86. The summed E-state index contributed by atoms with van der Waals surface area (Å²) >= 11 is 0. The number of carbonyl (C=O) groups is 1. The van der Waals surface area contributed by atoms with E-state index >= 15 is 0 Å². The lowest BCUT2D eigenvalue weighted by Gasteiger charge is -2.22. The molecular weight excluding hydrogens is 136 g/mol. The van der Waals surface area contributed by atoms with E-state index in [1.165, 1.54) is 18.4 Å². The lowest BCUT2D eigenvalue weighted by molar-refractivity contribution is -0.117. The summed E-state index contributed by atoms with van der Waals surface area (Å²) in [5.41, 5.74) is 1.63. The van der Waals surface area contributed by atoms with E-state index in [1.807, 2.05) is 0 Å². The van der Waals surface area contributed by atoms with Crippen LogP contribution in [0.2, 0.25) is 0 Å². The molecule has 0 aromatic heterocycles. The molecule has 2 aliphatic rings. The maximum Gasteiger partial charge on any atom is 0.133 e. The molecule has 0 amide bonds. The molecule has 2 fully saturated rings. The highest BCUT2D eigenvalue weighted by Crippen LogP contribution is 2.51. The smallest absolute Gasteiger partial charge is 0.133 e. The number of hydrogen-bond donors (Lipinski definition) is 0. The van der Waals surface area contributed by atoms with Gasteiger partial charge in [0.2, 0.25) is 0 Å². The fraction of sp³-hybridized carbons (Fsp3) is 0.700. The van der Waals surface area contributed by atoms with Crippen LogP contribution in [0.4, 0.5) is 0 Å². The second-order valence-corrected chi connectivity index (χ2v) is 3.95. The molecule has 60 valence electrons. The highest BCUT2D eigenvalue weighted by molar-refractivity contribution is 5.82. The summed E-state index contributed by atoms with van der Waals surface area (Å²) < 4.78 is 0. The molecule has 0 aromatic rings. The van der Waals surface area contributed by atoms with Crippen LogP contribution in [0.25, 0.3) is 0 Å². The zero-order valence-corrected chi connectivity index (χ0v) is 6.86. The van der Waals surface area contributed by atoms with Crippen LogP contribution in [0, 0.1) is 5.41 Å². The van der Waals surface area contributed by atoms with Crippen LogP contribution in [-0.4, -0.2) is 5.78 Å². The number of rotatable bonds is 0. The van der Waals surface area contributed by atoms with E-state index in [-0.39, 0.29) is 5.41 Å². The highest BCUT2D eigenvalue weighted by Gasteiger charge is 2.42. The first-order chi connectivity index (χ1) is 5.23. The molecular formula is C10H14O. The van der Waals surface area contributed by atoms with Crippen LogP contribution >= 0.6 is 0 Å². The van der Waals surface area contributed by atoms with E-state index in [4.69, 9.17) is 0 Å². The van der Waals surface area contributed by atoms with E-state index < -0.39 is 0 Å². The first kappa shape index (κ1) is 7.08. The second-order valence-electron chi connectivity index (χ2n) is 3.95. The van der Waals surface area contributed by atoms with Crippen molar-refractivity contribution in [2.75, 3.05) is 0 Å². The summed E-state index contributed by atoms with van der Waals surface area (Å²) in [7, 11) is 0. The normalized spacial score (nSPS) is 37.5. The maximum atomic E-state index is 11.1. The Balaban J connectivity index is 2.22. The third-order valence-electron chi connectivity index (χ3n) is 3.30. The van der Waals surface area contributed by atoms with Crippen LogP contribution in [0.15, 0.2) is 12.2 Å². The quantitative estimate of drug-likeness (QED) is 0.485. The van der Waals surface area contributed by atoms with E-state index in [0.29, 0.717) is 5.78 Å². The molecule has 0 bridgehead atoms. The van der Waals surface area contributed by atoms with Gasteiger partial charge in [-0.05, 0) is 31.1 Å². The van der Waals surface area contributed by atoms with E-state index in [9.17, 15) is 4.79 Å². The van der Waals surface area contributed by atoms with Crippen LogP contribution < -0.4 is 0 Å². The van der Waals surface area contributed by atoms with Gasteiger partial charge in [-0.15, -0.1) is 0 Å². The first-order valence-corrected chi connectivity index (χ1v) is 4.43. The number of carbonyl (C=O) groups excluding carboxylic acids is 1. The van der Waals surface area contributed by atoms with Crippen molar-refractivity contribution in [2.24, 2.45) is 5.41 Å². The molecule has 1 atom stereocenters. The summed E-state index contributed by atoms with van der Waals surface area (Å²) in [6.07, 6.45) is 6.33. The topological polar surface area (TPSA) is 17.1 Å². The Bertz CT molecular complexity index is 217. The van der Waals surface area contributed by atoms with Gasteiger partial charge in [-0.25, -0.2) is 0 Å². The third-order valence-corrected chi connectivity index (χ3v) is 3.30. The van der Waals surface area contributed by atoms with E-state index in [1.54, 1.807) is 0 Å². The number of ketones is 1. The molecule has 1 heteroatoms. The third kappa shape index (κ3) is 0.943. The predicted molar refractivity (Wildman–Crippen MR) is 44.3 cm³/mol. The van der Waals surface area contributed by atoms with Gasteiger partial charge in [0.15, 0.2) is 0 Å². The fourth-order valence-corrected chi connectivity index (χ4v) is 2.53. The van der Waals surface area contributed by atoms with Crippen molar-refractivity contribution in [3.05, 3.63) is 12.2 Å². The summed E-state index contributed by atoms with van der Waals surface area (Å²) in [4.78, 5) is 11.1. The van der Waals surface area contributed by atoms with Crippen LogP contribution in [0.1, 0.15) is 38.5 Å².